The quantitative estimate of drug-likeness (QED) is 0.636. The normalized spacial score (nSPS) is 12.3. The molecule has 0 atom stereocenters. The predicted molar refractivity (Wildman–Crippen MR) is 57.2 cm³/mol. The van der Waals surface area contributed by atoms with Crippen LogP contribution in [0.4, 0.5) is 0 Å². The first-order chi connectivity index (χ1) is 6.50. The molecule has 0 spiro atoms. The van der Waals surface area contributed by atoms with Crippen LogP contribution in [-0.4, -0.2) is 14.5 Å². The highest BCUT2D eigenvalue weighted by atomic mass is 15.1. The summed E-state index contributed by atoms with van der Waals surface area (Å²) in [6.45, 7) is 6.57. The van der Waals surface area contributed by atoms with Crippen molar-refractivity contribution in [3.63, 3.8) is 0 Å². The molecule has 14 heavy (non-hydrogen) atoms. The lowest BCUT2D eigenvalue weighted by molar-refractivity contribution is 0.594. The first-order valence-corrected chi connectivity index (χ1v) is 4.76. The Morgan fingerprint density at radius 3 is 2.57 bits per heavy atom. The topological polar surface area (TPSA) is 30.7 Å². The van der Waals surface area contributed by atoms with Crippen LogP contribution >= 0.6 is 0 Å². The van der Waals surface area contributed by atoms with Gasteiger partial charge < -0.3 is 4.57 Å². The fraction of sp³-hybridized carbons (Fsp3) is 0.455. The molecule has 2 rings (SSSR count). The summed E-state index contributed by atoms with van der Waals surface area (Å²) in [7, 11) is 1.97. The Bertz CT molecular complexity index is 463. The number of aromatic nitrogens is 3. The Morgan fingerprint density at radius 2 is 1.93 bits per heavy atom. The van der Waals surface area contributed by atoms with Gasteiger partial charge in [-0.25, -0.2) is 9.97 Å². The average Bonchev–Trinajstić information content (AvgIpc) is 2.46. The fourth-order valence-electron chi connectivity index (χ4n) is 1.63. The van der Waals surface area contributed by atoms with E-state index in [2.05, 4.69) is 36.8 Å². The minimum Gasteiger partial charge on any atom is -0.318 e. The van der Waals surface area contributed by atoms with Gasteiger partial charge in [-0.3, -0.25) is 0 Å². The van der Waals surface area contributed by atoms with E-state index in [0.29, 0.717) is 0 Å². The zero-order valence-corrected chi connectivity index (χ0v) is 9.07. The molecular weight excluding hydrogens is 174 g/mol. The standard InChI is InChI=1S/C11H15N3/c1-11(2,3)8-5-6-12-10-9(8)13-7-14(10)4/h5-7H,1-4H3. The van der Waals surface area contributed by atoms with E-state index in [9.17, 15) is 0 Å². The fourth-order valence-corrected chi connectivity index (χ4v) is 1.63. The molecular formula is C11H15N3. The zero-order chi connectivity index (χ0) is 10.3. The van der Waals surface area contributed by atoms with Crippen LogP contribution in [-0.2, 0) is 12.5 Å². The Hall–Kier alpha value is -1.38. The number of fused-ring (bicyclic) bond motifs is 1. The smallest absolute Gasteiger partial charge is 0.159 e. The predicted octanol–water partition coefficient (Wildman–Crippen LogP) is 2.27. The lowest BCUT2D eigenvalue weighted by atomic mass is 9.87. The van der Waals surface area contributed by atoms with Crippen molar-refractivity contribution in [3.05, 3.63) is 24.2 Å². The van der Waals surface area contributed by atoms with E-state index in [1.165, 1.54) is 5.56 Å². The second-order valence-corrected chi connectivity index (χ2v) is 4.64. The maximum absolute atomic E-state index is 4.39. The molecule has 0 aliphatic carbocycles. The maximum atomic E-state index is 4.39. The summed E-state index contributed by atoms with van der Waals surface area (Å²) < 4.78 is 1.95. The molecule has 0 aliphatic rings. The van der Waals surface area contributed by atoms with Gasteiger partial charge in [0.25, 0.3) is 0 Å². The third kappa shape index (κ3) is 1.29. The number of rotatable bonds is 0. The second kappa shape index (κ2) is 2.80. The molecule has 0 aliphatic heterocycles. The SMILES string of the molecule is Cn1cnc2c(C(C)(C)C)ccnc21. The highest BCUT2D eigenvalue weighted by Crippen LogP contribution is 2.27. The summed E-state index contributed by atoms with van der Waals surface area (Å²) in [5.41, 5.74) is 3.35. The van der Waals surface area contributed by atoms with E-state index in [1.54, 1.807) is 0 Å². The van der Waals surface area contributed by atoms with Crippen molar-refractivity contribution in [2.24, 2.45) is 7.05 Å². The van der Waals surface area contributed by atoms with Crippen LogP contribution < -0.4 is 0 Å². The summed E-state index contributed by atoms with van der Waals surface area (Å²) in [6, 6.07) is 2.05. The third-order valence-electron chi connectivity index (χ3n) is 2.41. The first kappa shape index (κ1) is 9.19. The highest BCUT2D eigenvalue weighted by Gasteiger charge is 2.18. The summed E-state index contributed by atoms with van der Waals surface area (Å²) in [4.78, 5) is 8.70. The van der Waals surface area contributed by atoms with E-state index in [-0.39, 0.29) is 5.41 Å². The number of hydrogen-bond acceptors (Lipinski definition) is 2. The van der Waals surface area contributed by atoms with E-state index in [4.69, 9.17) is 0 Å². The molecule has 3 heteroatoms. The van der Waals surface area contributed by atoms with E-state index >= 15 is 0 Å². The van der Waals surface area contributed by atoms with Crippen molar-refractivity contribution < 1.29 is 0 Å². The van der Waals surface area contributed by atoms with Gasteiger partial charge in [-0.05, 0) is 17.0 Å². The number of pyridine rings is 1. The molecule has 0 unspecified atom stereocenters. The molecule has 2 aromatic rings. The molecule has 0 fully saturated rings. The Kier molecular flexibility index (Phi) is 1.84. The molecule has 0 saturated heterocycles. The van der Waals surface area contributed by atoms with Crippen LogP contribution in [0.2, 0.25) is 0 Å². The second-order valence-electron chi connectivity index (χ2n) is 4.64. The molecule has 0 bridgehead atoms. The molecule has 3 nitrogen and oxygen atoms in total. The van der Waals surface area contributed by atoms with Crippen LogP contribution in [0.15, 0.2) is 18.6 Å². The largest absolute Gasteiger partial charge is 0.318 e. The van der Waals surface area contributed by atoms with Gasteiger partial charge in [0.05, 0.1) is 6.33 Å². The minimum atomic E-state index is 0.121. The number of nitrogens with zero attached hydrogens (tertiary/aromatic N) is 3. The van der Waals surface area contributed by atoms with Gasteiger partial charge in [0.1, 0.15) is 5.52 Å². The molecule has 0 aromatic carbocycles. The molecule has 0 radical (unpaired) electrons. The summed E-state index contributed by atoms with van der Waals surface area (Å²) in [5.74, 6) is 0. The van der Waals surface area contributed by atoms with Crippen LogP contribution in [0.3, 0.4) is 0 Å². The van der Waals surface area contributed by atoms with Crippen LogP contribution in [0.5, 0.6) is 0 Å². The van der Waals surface area contributed by atoms with Crippen LogP contribution in [0.25, 0.3) is 11.2 Å². The number of hydrogen-bond donors (Lipinski definition) is 0. The highest BCUT2D eigenvalue weighted by molar-refractivity contribution is 5.75. The van der Waals surface area contributed by atoms with Gasteiger partial charge in [0.15, 0.2) is 5.65 Å². The van der Waals surface area contributed by atoms with Gasteiger partial charge >= 0.3 is 0 Å². The zero-order valence-electron chi connectivity index (χ0n) is 9.07. The van der Waals surface area contributed by atoms with Gasteiger partial charge in [-0.1, -0.05) is 20.8 Å². The van der Waals surface area contributed by atoms with Crippen LogP contribution in [0, 0.1) is 0 Å². The van der Waals surface area contributed by atoms with Crippen molar-refractivity contribution in [1.29, 1.82) is 0 Å². The Morgan fingerprint density at radius 1 is 1.21 bits per heavy atom. The van der Waals surface area contributed by atoms with Crippen molar-refractivity contribution in [2.45, 2.75) is 26.2 Å². The monoisotopic (exact) mass is 189 g/mol. The molecule has 0 amide bonds. The Labute approximate surface area is 83.8 Å². The molecule has 0 saturated carbocycles. The summed E-state index contributed by atoms with van der Waals surface area (Å²) >= 11 is 0. The molecule has 74 valence electrons. The maximum Gasteiger partial charge on any atom is 0.159 e. The van der Waals surface area contributed by atoms with Crippen molar-refractivity contribution in [3.8, 4) is 0 Å². The van der Waals surface area contributed by atoms with Crippen molar-refractivity contribution in [1.82, 2.24) is 14.5 Å². The van der Waals surface area contributed by atoms with Crippen LogP contribution in [0.1, 0.15) is 26.3 Å². The molecule has 0 N–H and O–H groups in total. The molecule has 2 heterocycles. The van der Waals surface area contributed by atoms with Gasteiger partial charge in [0.2, 0.25) is 0 Å². The van der Waals surface area contributed by atoms with Crippen molar-refractivity contribution >= 4 is 11.2 Å². The van der Waals surface area contributed by atoms with Crippen molar-refractivity contribution in [2.75, 3.05) is 0 Å². The van der Waals surface area contributed by atoms with E-state index in [0.717, 1.165) is 11.2 Å². The van der Waals surface area contributed by atoms with E-state index in [1.807, 2.05) is 24.1 Å². The van der Waals surface area contributed by atoms with Gasteiger partial charge in [-0.2, -0.15) is 0 Å². The van der Waals surface area contributed by atoms with Gasteiger partial charge in [-0.15, -0.1) is 0 Å². The minimum absolute atomic E-state index is 0.121. The van der Waals surface area contributed by atoms with Gasteiger partial charge in [0, 0.05) is 13.2 Å². The third-order valence-corrected chi connectivity index (χ3v) is 2.41. The molecule has 2 aromatic heterocycles. The number of imidazole rings is 1. The summed E-state index contributed by atoms with van der Waals surface area (Å²) in [6.07, 6.45) is 3.66. The summed E-state index contributed by atoms with van der Waals surface area (Å²) in [5, 5.41) is 0. The Balaban J connectivity index is 2.79. The lowest BCUT2D eigenvalue weighted by Crippen LogP contribution is -2.12. The average molecular weight is 189 g/mol. The van der Waals surface area contributed by atoms with E-state index < -0.39 is 0 Å². The first-order valence-electron chi connectivity index (χ1n) is 4.76. The number of aryl methyl sites for hydroxylation is 1. The lowest BCUT2D eigenvalue weighted by Gasteiger charge is -2.18.